The molecule has 0 aromatic carbocycles. The van der Waals surface area contributed by atoms with E-state index >= 15 is 0 Å². The zero-order chi connectivity index (χ0) is 17.2. The summed E-state index contributed by atoms with van der Waals surface area (Å²) in [5.41, 5.74) is -0.894. The maximum Gasteiger partial charge on any atom is 0.326 e. The third kappa shape index (κ3) is 3.30. The molecule has 2 atom stereocenters. The number of carbonyl (C=O) groups is 4. The van der Waals surface area contributed by atoms with E-state index in [0.717, 1.165) is 24.2 Å². The first-order valence-electron chi connectivity index (χ1n) is 7.78. The average molecular weight is 325 g/mol. The van der Waals surface area contributed by atoms with Gasteiger partial charge in [-0.2, -0.15) is 0 Å². The largest absolute Gasteiger partial charge is 0.454 e. The Morgan fingerprint density at radius 3 is 2.65 bits per heavy atom. The third-order valence-electron chi connectivity index (χ3n) is 4.64. The van der Waals surface area contributed by atoms with Crippen molar-refractivity contribution in [2.24, 2.45) is 5.92 Å². The fourth-order valence-electron chi connectivity index (χ4n) is 3.09. The molecule has 1 spiro atoms. The van der Waals surface area contributed by atoms with Crippen molar-refractivity contribution < 1.29 is 23.9 Å². The number of likely N-dealkylation sites (N-methyl/N-ethyl adjacent to an activating group) is 1. The monoisotopic (exact) mass is 325 g/mol. The second-order valence-corrected chi connectivity index (χ2v) is 6.39. The van der Waals surface area contributed by atoms with Gasteiger partial charge in [0, 0.05) is 14.1 Å². The molecule has 128 valence electrons. The van der Waals surface area contributed by atoms with Crippen molar-refractivity contribution in [3.63, 3.8) is 0 Å². The molecule has 0 unspecified atom stereocenters. The smallest absolute Gasteiger partial charge is 0.326 e. The number of urea groups is 1. The van der Waals surface area contributed by atoms with Gasteiger partial charge in [-0.05, 0) is 18.8 Å². The molecule has 2 aliphatic rings. The van der Waals surface area contributed by atoms with E-state index in [1.807, 2.05) is 6.92 Å². The first-order valence-corrected chi connectivity index (χ1v) is 7.78. The Morgan fingerprint density at radius 1 is 1.35 bits per heavy atom. The Hall–Kier alpha value is -2.12. The molecule has 1 aliphatic heterocycles. The van der Waals surface area contributed by atoms with Gasteiger partial charge in [0.1, 0.15) is 12.1 Å². The first-order chi connectivity index (χ1) is 10.8. The molecule has 0 bridgehead atoms. The zero-order valence-corrected chi connectivity index (χ0v) is 13.8. The molecule has 0 aromatic rings. The summed E-state index contributed by atoms with van der Waals surface area (Å²) >= 11 is 0. The average Bonchev–Trinajstić information content (AvgIpc) is 2.73. The fraction of sp³-hybridized carbons (Fsp3) is 0.733. The number of esters is 1. The molecule has 23 heavy (non-hydrogen) atoms. The highest BCUT2D eigenvalue weighted by molar-refractivity contribution is 6.09. The lowest BCUT2D eigenvalue weighted by Crippen LogP contribution is -2.54. The molecule has 0 aromatic heterocycles. The van der Waals surface area contributed by atoms with Gasteiger partial charge in [0.05, 0.1) is 0 Å². The number of nitrogens with zero attached hydrogens (tertiary/aromatic N) is 2. The van der Waals surface area contributed by atoms with Crippen molar-refractivity contribution in [2.75, 3.05) is 27.2 Å². The summed E-state index contributed by atoms with van der Waals surface area (Å²) < 4.78 is 4.82. The lowest BCUT2D eigenvalue weighted by molar-refractivity contribution is -0.153. The molecule has 1 heterocycles. The van der Waals surface area contributed by atoms with Gasteiger partial charge >= 0.3 is 12.0 Å². The molecule has 1 saturated carbocycles. The van der Waals surface area contributed by atoms with Crippen LogP contribution < -0.4 is 5.32 Å². The van der Waals surface area contributed by atoms with E-state index in [0.29, 0.717) is 6.42 Å². The fourth-order valence-corrected chi connectivity index (χ4v) is 3.09. The first kappa shape index (κ1) is 17.2. The van der Waals surface area contributed by atoms with Crippen LogP contribution in [0.2, 0.25) is 0 Å². The summed E-state index contributed by atoms with van der Waals surface area (Å²) in [6.07, 6.45) is 3.35. The normalized spacial score (nSPS) is 27.1. The lowest BCUT2D eigenvalue weighted by Gasteiger charge is -2.36. The van der Waals surface area contributed by atoms with Gasteiger partial charge in [-0.1, -0.05) is 19.8 Å². The SMILES string of the molecule is C[C@H]1CCCC[C@@]12NC(=O)N(CC(=O)OCC(=O)N(C)C)C2=O. The maximum absolute atomic E-state index is 12.6. The highest BCUT2D eigenvalue weighted by Crippen LogP contribution is 2.38. The lowest BCUT2D eigenvalue weighted by atomic mass is 9.73. The number of carbonyl (C=O) groups excluding carboxylic acids is 4. The molecule has 8 heteroatoms. The Bertz CT molecular complexity index is 533. The van der Waals surface area contributed by atoms with Gasteiger partial charge in [-0.15, -0.1) is 0 Å². The van der Waals surface area contributed by atoms with Gasteiger partial charge in [0.2, 0.25) is 0 Å². The van der Waals surface area contributed by atoms with E-state index in [2.05, 4.69) is 5.32 Å². The molecular formula is C15H23N3O5. The Labute approximate surface area is 135 Å². The van der Waals surface area contributed by atoms with E-state index in [1.165, 1.54) is 4.90 Å². The van der Waals surface area contributed by atoms with Crippen LogP contribution in [0.4, 0.5) is 4.79 Å². The van der Waals surface area contributed by atoms with Crippen LogP contribution in [-0.2, 0) is 19.1 Å². The Morgan fingerprint density at radius 2 is 2.04 bits per heavy atom. The Kier molecular flexibility index (Phi) is 4.91. The minimum absolute atomic E-state index is 0.0315. The van der Waals surface area contributed by atoms with Crippen LogP contribution in [0.15, 0.2) is 0 Å². The number of amides is 4. The van der Waals surface area contributed by atoms with Crippen molar-refractivity contribution in [1.82, 2.24) is 15.1 Å². The van der Waals surface area contributed by atoms with Crippen molar-refractivity contribution in [3.8, 4) is 0 Å². The summed E-state index contributed by atoms with van der Waals surface area (Å²) in [4.78, 5) is 50.1. The van der Waals surface area contributed by atoms with Crippen molar-refractivity contribution >= 4 is 23.8 Å². The van der Waals surface area contributed by atoms with Crippen molar-refractivity contribution in [2.45, 2.75) is 38.1 Å². The summed E-state index contributed by atoms with van der Waals surface area (Å²) in [5, 5.41) is 2.76. The molecular weight excluding hydrogens is 302 g/mol. The van der Waals surface area contributed by atoms with Crippen molar-refractivity contribution in [1.29, 1.82) is 0 Å². The maximum atomic E-state index is 12.6. The summed E-state index contributed by atoms with van der Waals surface area (Å²) in [7, 11) is 3.09. The van der Waals surface area contributed by atoms with E-state index in [4.69, 9.17) is 4.74 Å². The summed E-state index contributed by atoms with van der Waals surface area (Å²) in [6, 6.07) is -0.570. The number of hydrogen-bond donors (Lipinski definition) is 1. The Balaban J connectivity index is 1.98. The van der Waals surface area contributed by atoms with Gasteiger partial charge in [0.25, 0.3) is 11.8 Å². The quantitative estimate of drug-likeness (QED) is 0.585. The third-order valence-corrected chi connectivity index (χ3v) is 4.64. The molecule has 8 nitrogen and oxygen atoms in total. The molecule has 1 saturated heterocycles. The molecule has 4 amide bonds. The topological polar surface area (TPSA) is 96.0 Å². The second kappa shape index (κ2) is 6.55. The number of ether oxygens (including phenoxy) is 1. The van der Waals surface area contributed by atoms with Gasteiger partial charge in [-0.25, -0.2) is 4.79 Å². The second-order valence-electron chi connectivity index (χ2n) is 6.39. The van der Waals surface area contributed by atoms with E-state index < -0.39 is 30.7 Å². The highest BCUT2D eigenvalue weighted by Gasteiger charge is 2.55. The minimum atomic E-state index is -0.894. The van der Waals surface area contributed by atoms with Crippen LogP contribution >= 0.6 is 0 Å². The highest BCUT2D eigenvalue weighted by atomic mass is 16.5. The van der Waals surface area contributed by atoms with Gasteiger partial charge < -0.3 is 15.0 Å². The van der Waals surface area contributed by atoms with Crippen molar-refractivity contribution in [3.05, 3.63) is 0 Å². The minimum Gasteiger partial charge on any atom is -0.454 e. The van der Waals surface area contributed by atoms with Crippen LogP contribution in [-0.4, -0.2) is 66.4 Å². The number of rotatable bonds is 4. The predicted octanol–water partition coefficient (Wildman–Crippen LogP) is 0.119. The zero-order valence-electron chi connectivity index (χ0n) is 13.8. The van der Waals surface area contributed by atoms with Crippen LogP contribution in [0.5, 0.6) is 0 Å². The summed E-state index contributed by atoms with van der Waals surface area (Å²) in [6.45, 7) is 1.06. The van der Waals surface area contributed by atoms with E-state index in [-0.39, 0.29) is 17.7 Å². The number of hydrogen-bond acceptors (Lipinski definition) is 5. The molecule has 2 rings (SSSR count). The van der Waals surface area contributed by atoms with Gasteiger partial charge in [-0.3, -0.25) is 19.3 Å². The van der Waals surface area contributed by atoms with E-state index in [9.17, 15) is 19.2 Å². The van der Waals surface area contributed by atoms with Crippen LogP contribution in [0, 0.1) is 5.92 Å². The molecule has 1 N–H and O–H groups in total. The van der Waals surface area contributed by atoms with Crippen LogP contribution in [0.3, 0.4) is 0 Å². The number of imide groups is 1. The predicted molar refractivity (Wildman–Crippen MR) is 80.3 cm³/mol. The van der Waals surface area contributed by atoms with E-state index in [1.54, 1.807) is 14.1 Å². The van der Waals surface area contributed by atoms with Crippen LogP contribution in [0.25, 0.3) is 0 Å². The van der Waals surface area contributed by atoms with Crippen LogP contribution in [0.1, 0.15) is 32.6 Å². The van der Waals surface area contributed by atoms with Gasteiger partial charge in [0.15, 0.2) is 6.61 Å². The number of nitrogens with one attached hydrogen (secondary N) is 1. The molecule has 0 radical (unpaired) electrons. The standard InChI is InChI=1S/C15H23N3O5/c1-10-6-4-5-7-15(10)13(21)18(14(22)16-15)8-12(20)23-9-11(19)17(2)3/h10H,4-9H2,1-3H3,(H,16,22)/t10-,15+/m0/s1. The summed E-state index contributed by atoms with van der Waals surface area (Å²) in [5.74, 6) is -1.48. The molecule has 2 fully saturated rings. The molecule has 1 aliphatic carbocycles.